The molecule has 0 atom stereocenters. The van der Waals surface area contributed by atoms with Crippen LogP contribution >= 0.6 is 0 Å². The van der Waals surface area contributed by atoms with Crippen LogP contribution in [0.1, 0.15) is 32.0 Å². The van der Waals surface area contributed by atoms with E-state index in [0.717, 1.165) is 0 Å². The summed E-state index contributed by atoms with van der Waals surface area (Å²) in [5.41, 5.74) is 0. The van der Waals surface area contributed by atoms with Gasteiger partial charge in [-0.1, -0.05) is 0 Å². The van der Waals surface area contributed by atoms with Crippen LogP contribution in [0.25, 0.3) is 0 Å². The summed E-state index contributed by atoms with van der Waals surface area (Å²) in [6.07, 6.45) is 0.343. The first kappa shape index (κ1) is 11.6. The minimum absolute atomic E-state index is 0.00727. The molecule has 6 nitrogen and oxygen atoms in total. The highest BCUT2D eigenvalue weighted by Gasteiger charge is 2.08. The number of aliphatic carboxylic acids is 1. The molecule has 0 radical (unpaired) electrons. The van der Waals surface area contributed by atoms with E-state index in [0.29, 0.717) is 11.8 Å². The lowest BCUT2D eigenvalue weighted by Crippen LogP contribution is -2.02. The molecular weight excluding hydrogens is 200 g/mol. The molecule has 1 N–H and O–H groups in total. The summed E-state index contributed by atoms with van der Waals surface area (Å²) in [6, 6.07) is 0. The molecule has 1 heterocycles. The van der Waals surface area contributed by atoms with Crippen molar-refractivity contribution in [1.82, 2.24) is 10.2 Å². The molecule has 0 aliphatic carbocycles. The zero-order valence-electron chi connectivity index (χ0n) is 8.77. The summed E-state index contributed by atoms with van der Waals surface area (Å²) < 4.78 is 10.4. The van der Waals surface area contributed by atoms with E-state index in [1.807, 2.05) is 13.8 Å². The Balaban J connectivity index is 2.38. The quantitative estimate of drug-likeness (QED) is 0.760. The Labute approximate surface area is 87.3 Å². The number of aryl methyl sites for hydroxylation is 1. The van der Waals surface area contributed by atoms with E-state index < -0.39 is 5.97 Å². The summed E-state index contributed by atoms with van der Waals surface area (Å²) in [6.45, 7) is 4.07. The number of carboxylic acid groups (broad SMARTS) is 1. The maximum absolute atomic E-state index is 10.3. The summed E-state index contributed by atoms with van der Waals surface area (Å²) in [5, 5.41) is 15.9. The molecule has 1 aromatic heterocycles. The fraction of sp³-hybridized carbons (Fsp3) is 0.667. The first-order valence-corrected chi connectivity index (χ1v) is 4.72. The Hall–Kier alpha value is -1.43. The smallest absolute Gasteiger partial charge is 0.303 e. The SMILES string of the molecule is CC(C)OCc1nnc(CCC(=O)O)o1. The molecule has 1 rings (SSSR count). The standard InChI is InChI=1S/C9H14N2O4/c1-6(2)14-5-8-11-10-7(15-8)3-4-9(12)13/h6H,3-5H2,1-2H3,(H,12,13). The lowest BCUT2D eigenvalue weighted by molar-refractivity contribution is -0.137. The van der Waals surface area contributed by atoms with Gasteiger partial charge in [0.2, 0.25) is 11.8 Å². The third kappa shape index (κ3) is 4.55. The largest absolute Gasteiger partial charge is 0.481 e. The Morgan fingerprint density at radius 1 is 1.47 bits per heavy atom. The number of rotatable bonds is 6. The van der Waals surface area contributed by atoms with E-state index in [-0.39, 0.29) is 25.6 Å². The van der Waals surface area contributed by atoms with Crippen LogP contribution < -0.4 is 0 Å². The number of carbonyl (C=O) groups is 1. The molecule has 0 fully saturated rings. The zero-order valence-corrected chi connectivity index (χ0v) is 8.77. The molecule has 84 valence electrons. The summed E-state index contributed by atoms with van der Waals surface area (Å²) in [4.78, 5) is 10.3. The fourth-order valence-corrected chi connectivity index (χ4v) is 0.900. The van der Waals surface area contributed by atoms with Gasteiger partial charge in [0.05, 0.1) is 12.5 Å². The first-order valence-electron chi connectivity index (χ1n) is 4.72. The zero-order chi connectivity index (χ0) is 11.3. The molecular formula is C9H14N2O4. The van der Waals surface area contributed by atoms with Gasteiger partial charge in [-0.2, -0.15) is 0 Å². The van der Waals surface area contributed by atoms with E-state index in [9.17, 15) is 4.79 Å². The van der Waals surface area contributed by atoms with Crippen molar-refractivity contribution in [2.45, 2.75) is 39.4 Å². The van der Waals surface area contributed by atoms with Crippen LogP contribution in [0, 0.1) is 0 Å². The molecule has 6 heteroatoms. The van der Waals surface area contributed by atoms with Crippen molar-refractivity contribution in [1.29, 1.82) is 0 Å². The highest BCUT2D eigenvalue weighted by molar-refractivity contribution is 5.66. The maximum atomic E-state index is 10.3. The van der Waals surface area contributed by atoms with Crippen molar-refractivity contribution in [3.63, 3.8) is 0 Å². The van der Waals surface area contributed by atoms with Gasteiger partial charge >= 0.3 is 5.97 Å². The molecule has 1 aromatic rings. The monoisotopic (exact) mass is 214 g/mol. The molecule has 0 saturated carbocycles. The van der Waals surface area contributed by atoms with Crippen LogP contribution in [-0.4, -0.2) is 27.4 Å². The van der Waals surface area contributed by atoms with Crippen molar-refractivity contribution in [2.75, 3.05) is 0 Å². The molecule has 0 unspecified atom stereocenters. The minimum Gasteiger partial charge on any atom is -0.481 e. The number of ether oxygens (including phenoxy) is 1. The summed E-state index contributed by atoms with van der Waals surface area (Å²) in [7, 11) is 0. The van der Waals surface area contributed by atoms with E-state index in [2.05, 4.69) is 10.2 Å². The minimum atomic E-state index is -0.881. The lowest BCUT2D eigenvalue weighted by atomic mass is 10.3. The van der Waals surface area contributed by atoms with Crippen LogP contribution in [0.15, 0.2) is 4.42 Å². The van der Waals surface area contributed by atoms with Crippen molar-refractivity contribution in [3.05, 3.63) is 11.8 Å². The van der Waals surface area contributed by atoms with E-state index >= 15 is 0 Å². The second-order valence-corrected chi connectivity index (χ2v) is 3.34. The number of hydrogen-bond donors (Lipinski definition) is 1. The molecule has 0 spiro atoms. The van der Waals surface area contributed by atoms with Crippen LogP contribution in [-0.2, 0) is 22.6 Å². The fourth-order valence-electron chi connectivity index (χ4n) is 0.900. The highest BCUT2D eigenvalue weighted by Crippen LogP contribution is 2.05. The Kier molecular flexibility index (Phi) is 4.23. The number of hydrogen-bond acceptors (Lipinski definition) is 5. The van der Waals surface area contributed by atoms with Crippen LogP contribution in [0.5, 0.6) is 0 Å². The predicted octanol–water partition coefficient (Wildman–Crippen LogP) is 1.01. The van der Waals surface area contributed by atoms with Crippen molar-refractivity contribution >= 4 is 5.97 Å². The Bertz CT molecular complexity index is 322. The van der Waals surface area contributed by atoms with Crippen molar-refractivity contribution in [2.24, 2.45) is 0 Å². The third-order valence-electron chi connectivity index (χ3n) is 1.60. The summed E-state index contributed by atoms with van der Waals surface area (Å²) in [5.74, 6) is -0.169. The second kappa shape index (κ2) is 5.45. The average molecular weight is 214 g/mol. The van der Waals surface area contributed by atoms with Crippen molar-refractivity contribution < 1.29 is 19.1 Å². The van der Waals surface area contributed by atoms with E-state index in [4.69, 9.17) is 14.3 Å². The Morgan fingerprint density at radius 2 is 2.13 bits per heavy atom. The van der Waals surface area contributed by atoms with E-state index in [1.54, 1.807) is 0 Å². The van der Waals surface area contributed by atoms with Gasteiger partial charge in [-0.05, 0) is 13.8 Å². The molecule has 0 amide bonds. The van der Waals surface area contributed by atoms with Crippen LogP contribution in [0.4, 0.5) is 0 Å². The molecule has 0 bridgehead atoms. The van der Waals surface area contributed by atoms with Crippen LogP contribution in [0.2, 0.25) is 0 Å². The average Bonchev–Trinajstić information content (AvgIpc) is 2.59. The number of carboxylic acids is 1. The highest BCUT2D eigenvalue weighted by atomic mass is 16.5. The van der Waals surface area contributed by atoms with Gasteiger partial charge < -0.3 is 14.3 Å². The number of aromatic nitrogens is 2. The van der Waals surface area contributed by atoms with Crippen LogP contribution in [0.3, 0.4) is 0 Å². The molecule has 15 heavy (non-hydrogen) atoms. The van der Waals surface area contributed by atoms with Gasteiger partial charge in [-0.3, -0.25) is 4.79 Å². The van der Waals surface area contributed by atoms with Gasteiger partial charge in [-0.15, -0.1) is 10.2 Å². The van der Waals surface area contributed by atoms with Crippen molar-refractivity contribution in [3.8, 4) is 0 Å². The normalized spacial score (nSPS) is 10.9. The molecule has 0 aliphatic rings. The van der Waals surface area contributed by atoms with E-state index in [1.165, 1.54) is 0 Å². The predicted molar refractivity (Wildman–Crippen MR) is 50.2 cm³/mol. The van der Waals surface area contributed by atoms with Gasteiger partial charge in [0, 0.05) is 6.42 Å². The molecule has 0 saturated heterocycles. The third-order valence-corrected chi connectivity index (χ3v) is 1.60. The Morgan fingerprint density at radius 3 is 2.73 bits per heavy atom. The van der Waals surface area contributed by atoms with Gasteiger partial charge in [0.15, 0.2) is 0 Å². The lowest BCUT2D eigenvalue weighted by Gasteiger charge is -2.02. The number of nitrogens with zero attached hydrogens (tertiary/aromatic N) is 2. The topological polar surface area (TPSA) is 85.5 Å². The summed E-state index contributed by atoms with van der Waals surface area (Å²) >= 11 is 0. The molecule has 0 aromatic carbocycles. The maximum Gasteiger partial charge on any atom is 0.303 e. The second-order valence-electron chi connectivity index (χ2n) is 3.34. The van der Waals surface area contributed by atoms with Gasteiger partial charge in [0.1, 0.15) is 6.61 Å². The molecule has 0 aliphatic heterocycles. The first-order chi connectivity index (χ1) is 7.08. The van der Waals surface area contributed by atoms with Gasteiger partial charge in [-0.25, -0.2) is 0 Å². The van der Waals surface area contributed by atoms with Gasteiger partial charge in [0.25, 0.3) is 0 Å².